The van der Waals surface area contributed by atoms with Gasteiger partial charge in [-0.2, -0.15) is 0 Å². The van der Waals surface area contributed by atoms with Crippen molar-refractivity contribution < 1.29 is 9.53 Å². The SMILES string of the molecule is CCN(C(=O)CCC1CCCCN1)C(C)COC. The Balaban J connectivity index is 2.32. The summed E-state index contributed by atoms with van der Waals surface area (Å²) in [6.45, 7) is 6.56. The number of nitrogens with zero attached hydrogens (tertiary/aromatic N) is 1. The molecule has 1 saturated heterocycles. The fourth-order valence-electron chi connectivity index (χ4n) is 2.68. The highest BCUT2D eigenvalue weighted by molar-refractivity contribution is 5.76. The van der Waals surface area contributed by atoms with Crippen molar-refractivity contribution >= 4 is 5.91 Å². The number of methoxy groups -OCH3 is 1. The zero-order chi connectivity index (χ0) is 13.4. The van der Waals surface area contributed by atoms with Crippen LogP contribution in [0.2, 0.25) is 0 Å². The van der Waals surface area contributed by atoms with Crippen LogP contribution in [0.1, 0.15) is 46.0 Å². The average molecular weight is 256 g/mol. The monoisotopic (exact) mass is 256 g/mol. The van der Waals surface area contributed by atoms with Gasteiger partial charge < -0.3 is 15.0 Å². The van der Waals surface area contributed by atoms with Gasteiger partial charge in [0.15, 0.2) is 0 Å². The number of carbonyl (C=O) groups is 1. The van der Waals surface area contributed by atoms with E-state index in [-0.39, 0.29) is 11.9 Å². The first-order chi connectivity index (χ1) is 8.69. The minimum Gasteiger partial charge on any atom is -0.383 e. The standard InChI is InChI=1S/C14H28N2O2/c1-4-16(12(2)11-18-3)14(17)9-8-13-7-5-6-10-15-13/h12-13,15H,4-11H2,1-3H3. The van der Waals surface area contributed by atoms with Crippen LogP contribution >= 0.6 is 0 Å². The van der Waals surface area contributed by atoms with Crippen LogP contribution in [-0.4, -0.2) is 49.7 Å². The van der Waals surface area contributed by atoms with Crippen LogP contribution in [0.4, 0.5) is 0 Å². The Kier molecular flexibility index (Phi) is 7.28. The summed E-state index contributed by atoms with van der Waals surface area (Å²) in [7, 11) is 1.68. The van der Waals surface area contributed by atoms with E-state index in [1.165, 1.54) is 19.3 Å². The first-order valence-corrected chi connectivity index (χ1v) is 7.20. The van der Waals surface area contributed by atoms with E-state index in [1.54, 1.807) is 7.11 Å². The van der Waals surface area contributed by atoms with E-state index in [0.717, 1.165) is 19.5 Å². The highest BCUT2D eigenvalue weighted by Gasteiger charge is 2.20. The summed E-state index contributed by atoms with van der Waals surface area (Å²) >= 11 is 0. The van der Waals surface area contributed by atoms with Gasteiger partial charge in [0.05, 0.1) is 12.6 Å². The minimum absolute atomic E-state index is 0.173. The van der Waals surface area contributed by atoms with Crippen molar-refractivity contribution in [1.82, 2.24) is 10.2 Å². The summed E-state index contributed by atoms with van der Waals surface area (Å²) in [6, 6.07) is 0.714. The van der Waals surface area contributed by atoms with Gasteiger partial charge in [0.25, 0.3) is 0 Å². The van der Waals surface area contributed by atoms with E-state index in [0.29, 0.717) is 19.1 Å². The van der Waals surface area contributed by atoms with Crippen molar-refractivity contribution in [2.24, 2.45) is 0 Å². The van der Waals surface area contributed by atoms with Crippen molar-refractivity contribution in [3.05, 3.63) is 0 Å². The van der Waals surface area contributed by atoms with Gasteiger partial charge >= 0.3 is 0 Å². The number of amides is 1. The molecule has 0 aromatic carbocycles. The van der Waals surface area contributed by atoms with Gasteiger partial charge in [-0.1, -0.05) is 6.42 Å². The van der Waals surface area contributed by atoms with Crippen LogP contribution in [-0.2, 0) is 9.53 Å². The molecule has 1 fully saturated rings. The molecule has 4 nitrogen and oxygen atoms in total. The van der Waals surface area contributed by atoms with Gasteiger partial charge in [0.2, 0.25) is 5.91 Å². The van der Waals surface area contributed by atoms with E-state index < -0.39 is 0 Å². The van der Waals surface area contributed by atoms with Crippen molar-refractivity contribution in [1.29, 1.82) is 0 Å². The summed E-state index contributed by atoms with van der Waals surface area (Å²) in [5, 5.41) is 3.49. The van der Waals surface area contributed by atoms with E-state index in [1.807, 2.05) is 18.7 Å². The molecule has 1 N–H and O–H groups in total. The third kappa shape index (κ3) is 4.94. The third-order valence-electron chi connectivity index (χ3n) is 3.72. The van der Waals surface area contributed by atoms with Gasteiger partial charge in [0.1, 0.15) is 0 Å². The molecule has 0 aromatic rings. The van der Waals surface area contributed by atoms with Gasteiger partial charge in [-0.25, -0.2) is 0 Å². The van der Waals surface area contributed by atoms with Crippen LogP contribution in [0.5, 0.6) is 0 Å². The molecule has 1 amide bonds. The maximum Gasteiger partial charge on any atom is 0.222 e. The fraction of sp³-hybridized carbons (Fsp3) is 0.929. The molecule has 0 radical (unpaired) electrons. The Hall–Kier alpha value is -0.610. The summed E-state index contributed by atoms with van der Waals surface area (Å²) in [5.41, 5.74) is 0. The van der Waals surface area contributed by atoms with E-state index in [2.05, 4.69) is 5.32 Å². The number of carbonyl (C=O) groups excluding carboxylic acids is 1. The van der Waals surface area contributed by atoms with Crippen molar-refractivity contribution in [3.8, 4) is 0 Å². The first kappa shape index (κ1) is 15.4. The van der Waals surface area contributed by atoms with Gasteiger partial charge in [-0.15, -0.1) is 0 Å². The summed E-state index contributed by atoms with van der Waals surface area (Å²) in [5.74, 6) is 0.259. The predicted octanol–water partition coefficient (Wildman–Crippen LogP) is 1.79. The molecule has 1 aliphatic rings. The molecule has 2 unspecified atom stereocenters. The van der Waals surface area contributed by atoms with E-state index in [4.69, 9.17) is 4.74 Å². The minimum atomic E-state index is 0.173. The second-order valence-corrected chi connectivity index (χ2v) is 5.17. The molecule has 18 heavy (non-hydrogen) atoms. The average Bonchev–Trinajstić information content (AvgIpc) is 2.39. The van der Waals surface area contributed by atoms with Crippen molar-refractivity contribution in [2.45, 2.75) is 58.0 Å². The smallest absolute Gasteiger partial charge is 0.222 e. The van der Waals surface area contributed by atoms with E-state index in [9.17, 15) is 4.79 Å². The Labute approximate surface area is 111 Å². The highest BCUT2D eigenvalue weighted by atomic mass is 16.5. The second kappa shape index (κ2) is 8.48. The number of likely N-dealkylation sites (N-methyl/N-ethyl adjacent to an activating group) is 1. The maximum absolute atomic E-state index is 12.2. The zero-order valence-corrected chi connectivity index (χ0v) is 12.1. The number of hydrogen-bond donors (Lipinski definition) is 1. The predicted molar refractivity (Wildman–Crippen MR) is 73.6 cm³/mol. The Morgan fingerprint density at radius 2 is 2.28 bits per heavy atom. The Morgan fingerprint density at radius 3 is 2.83 bits per heavy atom. The molecular formula is C14H28N2O2. The third-order valence-corrected chi connectivity index (χ3v) is 3.72. The lowest BCUT2D eigenvalue weighted by atomic mass is 10.00. The zero-order valence-electron chi connectivity index (χ0n) is 12.1. The Morgan fingerprint density at radius 1 is 1.50 bits per heavy atom. The topological polar surface area (TPSA) is 41.6 Å². The molecule has 0 aliphatic carbocycles. The van der Waals surface area contributed by atoms with Crippen LogP contribution in [0.15, 0.2) is 0 Å². The van der Waals surface area contributed by atoms with Crippen molar-refractivity contribution in [2.75, 3.05) is 26.8 Å². The summed E-state index contributed by atoms with van der Waals surface area (Å²) in [4.78, 5) is 14.1. The normalized spacial score (nSPS) is 21.6. The van der Waals surface area contributed by atoms with Crippen LogP contribution < -0.4 is 5.32 Å². The molecule has 1 rings (SSSR count). The van der Waals surface area contributed by atoms with Crippen molar-refractivity contribution in [3.63, 3.8) is 0 Å². The molecule has 0 saturated carbocycles. The summed E-state index contributed by atoms with van der Waals surface area (Å²) < 4.78 is 5.12. The molecular weight excluding hydrogens is 228 g/mol. The van der Waals surface area contributed by atoms with E-state index >= 15 is 0 Å². The molecule has 1 aliphatic heterocycles. The lowest BCUT2D eigenvalue weighted by molar-refractivity contribution is -0.134. The number of hydrogen-bond acceptors (Lipinski definition) is 3. The number of ether oxygens (including phenoxy) is 1. The Bertz CT molecular complexity index is 240. The quantitative estimate of drug-likeness (QED) is 0.755. The first-order valence-electron chi connectivity index (χ1n) is 7.20. The summed E-state index contributed by atoms with van der Waals surface area (Å²) in [6.07, 6.45) is 5.40. The largest absolute Gasteiger partial charge is 0.383 e. The molecule has 0 spiro atoms. The molecule has 0 aromatic heterocycles. The highest BCUT2D eigenvalue weighted by Crippen LogP contribution is 2.13. The lowest BCUT2D eigenvalue weighted by Crippen LogP contribution is -2.42. The van der Waals surface area contributed by atoms with Gasteiger partial charge in [-0.05, 0) is 39.7 Å². The van der Waals surface area contributed by atoms with Gasteiger partial charge in [0, 0.05) is 26.1 Å². The number of rotatable bonds is 7. The molecule has 0 bridgehead atoms. The van der Waals surface area contributed by atoms with Crippen LogP contribution in [0, 0.1) is 0 Å². The number of piperidine rings is 1. The number of nitrogens with one attached hydrogen (secondary N) is 1. The van der Waals surface area contributed by atoms with Crippen LogP contribution in [0.3, 0.4) is 0 Å². The molecule has 1 heterocycles. The maximum atomic E-state index is 12.2. The van der Waals surface area contributed by atoms with Gasteiger partial charge in [-0.3, -0.25) is 4.79 Å². The molecule has 106 valence electrons. The molecule has 4 heteroatoms. The molecule has 2 atom stereocenters. The fourth-order valence-corrected chi connectivity index (χ4v) is 2.68. The second-order valence-electron chi connectivity index (χ2n) is 5.17. The lowest BCUT2D eigenvalue weighted by Gasteiger charge is -2.29. The van der Waals surface area contributed by atoms with Crippen LogP contribution in [0.25, 0.3) is 0 Å².